The Morgan fingerprint density at radius 3 is 2.56 bits per heavy atom. The fraction of sp³-hybridized carbons (Fsp3) is 0.700. The van der Waals surface area contributed by atoms with Gasteiger partial charge in [-0.25, -0.2) is 8.78 Å². The van der Waals surface area contributed by atoms with Gasteiger partial charge in [0.25, 0.3) is 0 Å². The van der Waals surface area contributed by atoms with Gasteiger partial charge in [-0.05, 0) is 12.8 Å². The Morgan fingerprint density at radius 2 is 2.06 bits per heavy atom. The first kappa shape index (κ1) is 15.1. The molecule has 16 heavy (non-hydrogen) atoms. The molecule has 0 saturated heterocycles. The van der Waals surface area contributed by atoms with Crippen molar-refractivity contribution in [1.82, 2.24) is 0 Å². The summed E-state index contributed by atoms with van der Waals surface area (Å²) in [5.74, 6) is -4.58. The standard InChI is InChI=1S/C10H14F4O2/c1-2-3-4-5-8(15)6-16-7-10(13,14)9(11)12/h2,9H,1,3-7H2. The molecule has 0 aliphatic carbocycles. The number of ether oxygens (including phenoxy) is 1. The maximum Gasteiger partial charge on any atom is 0.330 e. The number of Topliss-reactive ketones (excluding diaryl/α,β-unsaturated/α-hetero) is 1. The lowest BCUT2D eigenvalue weighted by atomic mass is 10.2. The van der Waals surface area contributed by atoms with Gasteiger partial charge in [-0.15, -0.1) is 6.58 Å². The average molecular weight is 242 g/mol. The highest BCUT2D eigenvalue weighted by Crippen LogP contribution is 2.22. The molecule has 0 bridgehead atoms. The molecule has 0 aromatic rings. The molecule has 0 aliphatic heterocycles. The van der Waals surface area contributed by atoms with E-state index in [1.807, 2.05) is 0 Å². The minimum atomic E-state index is -4.19. The Hall–Kier alpha value is -0.910. The molecule has 94 valence electrons. The van der Waals surface area contributed by atoms with Gasteiger partial charge in [0.1, 0.15) is 13.2 Å². The second-order valence-corrected chi connectivity index (χ2v) is 3.27. The van der Waals surface area contributed by atoms with Crippen molar-refractivity contribution in [3.8, 4) is 0 Å². The highest BCUT2D eigenvalue weighted by molar-refractivity contribution is 5.79. The first-order valence-corrected chi connectivity index (χ1v) is 4.76. The zero-order valence-electron chi connectivity index (χ0n) is 8.73. The maximum atomic E-state index is 12.3. The van der Waals surface area contributed by atoms with E-state index in [9.17, 15) is 22.4 Å². The predicted octanol–water partition coefficient (Wildman–Crippen LogP) is 2.83. The third-order valence-corrected chi connectivity index (χ3v) is 1.74. The second kappa shape index (κ2) is 7.38. The second-order valence-electron chi connectivity index (χ2n) is 3.27. The number of rotatable bonds is 9. The fourth-order valence-corrected chi connectivity index (χ4v) is 0.880. The molecule has 0 N–H and O–H groups in total. The summed E-state index contributed by atoms with van der Waals surface area (Å²) in [5, 5.41) is 0. The molecule has 0 aliphatic rings. The number of allylic oxidation sites excluding steroid dienone is 1. The van der Waals surface area contributed by atoms with Gasteiger partial charge in [-0.2, -0.15) is 8.78 Å². The van der Waals surface area contributed by atoms with Crippen molar-refractivity contribution in [1.29, 1.82) is 0 Å². The molecule has 2 nitrogen and oxygen atoms in total. The molecule has 0 fully saturated rings. The van der Waals surface area contributed by atoms with Gasteiger partial charge in [0.2, 0.25) is 0 Å². The lowest BCUT2D eigenvalue weighted by Crippen LogP contribution is -2.33. The van der Waals surface area contributed by atoms with E-state index in [1.165, 1.54) is 0 Å². The number of hydrogen-bond donors (Lipinski definition) is 0. The van der Waals surface area contributed by atoms with Crippen LogP contribution < -0.4 is 0 Å². The van der Waals surface area contributed by atoms with Crippen molar-refractivity contribution < 1.29 is 27.1 Å². The minimum Gasteiger partial charge on any atom is -0.367 e. The Kier molecular flexibility index (Phi) is 6.96. The van der Waals surface area contributed by atoms with E-state index in [0.29, 0.717) is 12.8 Å². The van der Waals surface area contributed by atoms with Crippen LogP contribution in [-0.4, -0.2) is 31.3 Å². The van der Waals surface area contributed by atoms with E-state index in [2.05, 4.69) is 11.3 Å². The van der Waals surface area contributed by atoms with Crippen LogP contribution in [0.5, 0.6) is 0 Å². The molecule has 0 unspecified atom stereocenters. The molecule has 0 amide bonds. The first-order chi connectivity index (χ1) is 7.40. The number of ketones is 1. The van der Waals surface area contributed by atoms with Crippen molar-refractivity contribution in [2.45, 2.75) is 31.6 Å². The van der Waals surface area contributed by atoms with Gasteiger partial charge in [0, 0.05) is 6.42 Å². The van der Waals surface area contributed by atoms with E-state index in [4.69, 9.17) is 0 Å². The van der Waals surface area contributed by atoms with E-state index in [-0.39, 0.29) is 12.2 Å². The van der Waals surface area contributed by atoms with Crippen LogP contribution in [0.2, 0.25) is 0 Å². The number of carbonyl (C=O) groups is 1. The number of unbranched alkanes of at least 4 members (excludes halogenated alkanes) is 1. The van der Waals surface area contributed by atoms with Gasteiger partial charge in [-0.1, -0.05) is 6.08 Å². The lowest BCUT2D eigenvalue weighted by molar-refractivity contribution is -0.168. The third kappa shape index (κ3) is 6.55. The number of carbonyl (C=O) groups excluding carboxylic acids is 1. The molecular formula is C10H14F4O2. The fourth-order valence-electron chi connectivity index (χ4n) is 0.880. The predicted molar refractivity (Wildman–Crippen MR) is 50.8 cm³/mol. The van der Waals surface area contributed by atoms with Gasteiger partial charge >= 0.3 is 12.3 Å². The number of hydrogen-bond acceptors (Lipinski definition) is 2. The van der Waals surface area contributed by atoms with Crippen LogP contribution in [0.25, 0.3) is 0 Å². The van der Waals surface area contributed by atoms with Crippen LogP contribution >= 0.6 is 0 Å². The molecule has 6 heteroatoms. The third-order valence-electron chi connectivity index (χ3n) is 1.74. The van der Waals surface area contributed by atoms with Crippen molar-refractivity contribution in [3.05, 3.63) is 12.7 Å². The van der Waals surface area contributed by atoms with E-state index in [0.717, 1.165) is 0 Å². The zero-order valence-corrected chi connectivity index (χ0v) is 8.73. The highest BCUT2D eigenvalue weighted by atomic mass is 19.3. The Balaban J connectivity index is 3.65. The molecule has 0 heterocycles. The molecule has 0 aromatic heterocycles. The van der Waals surface area contributed by atoms with Crippen LogP contribution in [0.4, 0.5) is 17.6 Å². The van der Waals surface area contributed by atoms with Gasteiger partial charge < -0.3 is 4.74 Å². The summed E-state index contributed by atoms with van der Waals surface area (Å²) in [6, 6.07) is 0. The molecule has 0 spiro atoms. The van der Waals surface area contributed by atoms with Crippen LogP contribution in [0, 0.1) is 0 Å². The monoisotopic (exact) mass is 242 g/mol. The minimum absolute atomic E-state index is 0.173. The molecule has 0 saturated carbocycles. The first-order valence-electron chi connectivity index (χ1n) is 4.76. The summed E-state index contributed by atoms with van der Waals surface area (Å²) in [4.78, 5) is 11.0. The van der Waals surface area contributed by atoms with Crippen molar-refractivity contribution in [2.75, 3.05) is 13.2 Å². The van der Waals surface area contributed by atoms with Crippen LogP contribution in [0.15, 0.2) is 12.7 Å². The van der Waals surface area contributed by atoms with E-state index >= 15 is 0 Å². The van der Waals surface area contributed by atoms with Crippen molar-refractivity contribution in [3.63, 3.8) is 0 Å². The van der Waals surface area contributed by atoms with Crippen LogP contribution in [-0.2, 0) is 9.53 Å². The van der Waals surface area contributed by atoms with Crippen molar-refractivity contribution in [2.24, 2.45) is 0 Å². The van der Waals surface area contributed by atoms with E-state index < -0.39 is 25.6 Å². The molecule has 0 atom stereocenters. The topological polar surface area (TPSA) is 26.3 Å². The quantitative estimate of drug-likeness (QED) is 0.353. The Morgan fingerprint density at radius 1 is 1.44 bits per heavy atom. The zero-order chi connectivity index (χ0) is 12.6. The summed E-state index contributed by atoms with van der Waals surface area (Å²) >= 11 is 0. The molecule has 0 radical (unpaired) electrons. The molecule has 0 rings (SSSR count). The van der Waals surface area contributed by atoms with Crippen LogP contribution in [0.3, 0.4) is 0 Å². The molecule has 0 aromatic carbocycles. The largest absolute Gasteiger partial charge is 0.367 e. The van der Waals surface area contributed by atoms with Crippen LogP contribution in [0.1, 0.15) is 19.3 Å². The Labute approximate surface area is 91.3 Å². The van der Waals surface area contributed by atoms with Gasteiger partial charge in [-0.3, -0.25) is 4.79 Å². The lowest BCUT2D eigenvalue weighted by Gasteiger charge is -2.14. The number of alkyl halides is 4. The summed E-state index contributed by atoms with van der Waals surface area (Å²) in [7, 11) is 0. The van der Waals surface area contributed by atoms with Gasteiger partial charge in [0.15, 0.2) is 5.78 Å². The number of halogens is 4. The summed E-state index contributed by atoms with van der Waals surface area (Å²) in [5.41, 5.74) is 0. The average Bonchev–Trinajstić information content (AvgIpc) is 2.17. The normalized spacial score (nSPS) is 11.8. The molecular weight excluding hydrogens is 228 g/mol. The summed E-state index contributed by atoms with van der Waals surface area (Å²) in [6.45, 7) is 1.46. The summed E-state index contributed by atoms with van der Waals surface area (Å²) < 4.78 is 52.2. The SMILES string of the molecule is C=CCCCC(=O)COCC(F)(F)C(F)F. The summed E-state index contributed by atoms with van der Waals surface area (Å²) in [6.07, 6.45) is -0.787. The Bertz CT molecular complexity index is 229. The smallest absolute Gasteiger partial charge is 0.330 e. The van der Waals surface area contributed by atoms with Crippen molar-refractivity contribution >= 4 is 5.78 Å². The highest BCUT2D eigenvalue weighted by Gasteiger charge is 2.41. The van der Waals surface area contributed by atoms with Gasteiger partial charge in [0.05, 0.1) is 0 Å². The maximum absolute atomic E-state index is 12.3. The van der Waals surface area contributed by atoms with E-state index in [1.54, 1.807) is 6.08 Å².